The van der Waals surface area contributed by atoms with Gasteiger partial charge in [0.25, 0.3) is 0 Å². The Hall–Kier alpha value is -3.03. The second-order valence-corrected chi connectivity index (χ2v) is 6.05. The van der Waals surface area contributed by atoms with Crippen molar-refractivity contribution in [3.05, 3.63) is 60.4 Å². The summed E-state index contributed by atoms with van der Waals surface area (Å²) in [6.07, 6.45) is 5.85. The Balaban J connectivity index is 1.74. The highest BCUT2D eigenvalue weighted by Crippen LogP contribution is 2.15. The topological polar surface area (TPSA) is 90.5 Å². The molecule has 0 fully saturated rings. The molecule has 1 amide bonds. The molecule has 0 saturated heterocycles. The van der Waals surface area contributed by atoms with Gasteiger partial charge in [0, 0.05) is 31.4 Å². The van der Waals surface area contributed by atoms with E-state index in [9.17, 15) is 4.79 Å². The van der Waals surface area contributed by atoms with Crippen molar-refractivity contribution >= 4 is 5.91 Å². The van der Waals surface area contributed by atoms with Gasteiger partial charge < -0.3 is 9.88 Å². The molecule has 2 heterocycles. The zero-order valence-electron chi connectivity index (χ0n) is 14.3. The molecule has 8 nitrogen and oxygen atoms in total. The second-order valence-electron chi connectivity index (χ2n) is 6.05. The first-order valence-electron chi connectivity index (χ1n) is 8.18. The van der Waals surface area contributed by atoms with Crippen LogP contribution in [0.4, 0.5) is 0 Å². The number of aromatic nitrogens is 6. The number of hydrogen-bond acceptors (Lipinski definition) is 5. The van der Waals surface area contributed by atoms with Crippen LogP contribution in [0.15, 0.2) is 49.1 Å². The summed E-state index contributed by atoms with van der Waals surface area (Å²) in [6.45, 7) is 4.41. The van der Waals surface area contributed by atoms with E-state index in [0.29, 0.717) is 18.8 Å². The average molecular weight is 339 g/mol. The molecule has 0 bridgehead atoms. The Morgan fingerprint density at radius 3 is 2.72 bits per heavy atom. The van der Waals surface area contributed by atoms with E-state index >= 15 is 0 Å². The maximum atomic E-state index is 12.9. The van der Waals surface area contributed by atoms with Crippen LogP contribution in [0.1, 0.15) is 24.4 Å². The summed E-state index contributed by atoms with van der Waals surface area (Å²) in [6, 6.07) is 9.31. The molecule has 0 aliphatic carbocycles. The molecule has 0 unspecified atom stereocenters. The molecule has 1 N–H and O–H groups in total. The molecule has 0 saturated carbocycles. The smallest absolute Gasteiger partial charge is 0.245 e. The van der Waals surface area contributed by atoms with Crippen LogP contribution in [0.5, 0.6) is 0 Å². The molecular weight excluding hydrogens is 318 g/mol. The zero-order chi connectivity index (χ0) is 17.6. The summed E-state index contributed by atoms with van der Waals surface area (Å²) in [5.41, 5.74) is 1.06. The Morgan fingerprint density at radius 1 is 1.28 bits per heavy atom. The normalized spacial score (nSPS) is 13.4. The van der Waals surface area contributed by atoms with Gasteiger partial charge in [-0.25, -0.2) is 9.67 Å². The van der Waals surface area contributed by atoms with Gasteiger partial charge >= 0.3 is 0 Å². The fourth-order valence-electron chi connectivity index (χ4n) is 2.75. The van der Waals surface area contributed by atoms with Crippen molar-refractivity contribution in [2.45, 2.75) is 38.9 Å². The number of nitrogens with zero attached hydrogens (tertiary/aromatic N) is 6. The fourth-order valence-corrected chi connectivity index (χ4v) is 2.75. The van der Waals surface area contributed by atoms with E-state index in [4.69, 9.17) is 0 Å². The maximum Gasteiger partial charge on any atom is 0.245 e. The molecule has 0 radical (unpaired) electrons. The lowest BCUT2D eigenvalue weighted by molar-refractivity contribution is -0.125. The van der Waals surface area contributed by atoms with Crippen molar-refractivity contribution in [3.8, 4) is 0 Å². The van der Waals surface area contributed by atoms with Crippen LogP contribution in [0.3, 0.4) is 0 Å². The summed E-state index contributed by atoms with van der Waals surface area (Å²) < 4.78 is 3.51. The summed E-state index contributed by atoms with van der Waals surface area (Å²) in [4.78, 5) is 16.9. The van der Waals surface area contributed by atoms with Gasteiger partial charge in [0.05, 0.1) is 6.33 Å². The van der Waals surface area contributed by atoms with Gasteiger partial charge in [-0.2, -0.15) is 0 Å². The van der Waals surface area contributed by atoms with Crippen LogP contribution >= 0.6 is 0 Å². The molecule has 0 spiro atoms. The summed E-state index contributed by atoms with van der Waals surface area (Å²) in [5.74, 6) is 0.505. The molecule has 0 aliphatic heterocycles. The van der Waals surface area contributed by atoms with E-state index in [-0.39, 0.29) is 11.9 Å². The van der Waals surface area contributed by atoms with E-state index in [1.165, 1.54) is 0 Å². The van der Waals surface area contributed by atoms with E-state index in [2.05, 4.69) is 25.8 Å². The molecule has 25 heavy (non-hydrogen) atoms. The fraction of sp³-hybridized carbons (Fsp3) is 0.353. The van der Waals surface area contributed by atoms with Gasteiger partial charge in [0.1, 0.15) is 11.9 Å². The number of tetrazole rings is 1. The Bertz CT molecular complexity index is 798. The van der Waals surface area contributed by atoms with Crippen LogP contribution in [-0.2, 0) is 17.8 Å². The van der Waals surface area contributed by atoms with Gasteiger partial charge in [-0.3, -0.25) is 4.79 Å². The number of amides is 1. The Kier molecular flexibility index (Phi) is 5.17. The van der Waals surface area contributed by atoms with Crippen LogP contribution < -0.4 is 5.32 Å². The lowest BCUT2D eigenvalue weighted by atomic mass is 10.0. The van der Waals surface area contributed by atoms with Crippen molar-refractivity contribution in [3.63, 3.8) is 0 Å². The molecule has 8 heteroatoms. The van der Waals surface area contributed by atoms with Crippen LogP contribution in [-0.4, -0.2) is 41.7 Å². The van der Waals surface area contributed by atoms with E-state index in [1.54, 1.807) is 24.1 Å². The van der Waals surface area contributed by atoms with Crippen LogP contribution in [0.25, 0.3) is 0 Å². The van der Waals surface area contributed by atoms with Gasteiger partial charge in [-0.15, -0.1) is 5.10 Å². The van der Waals surface area contributed by atoms with Crippen molar-refractivity contribution in [1.82, 2.24) is 35.1 Å². The first-order valence-corrected chi connectivity index (χ1v) is 8.18. The standard InChI is InChI=1S/C17H21N7O/c1-13(11-23-9-8-18-12-23)19-17(25)16(24-14(2)20-21-22-24)10-15-6-4-3-5-7-15/h3-9,12-13,16H,10-11H2,1-2H3,(H,19,25)/t13-,16-/m0/s1. The third-order valence-electron chi connectivity index (χ3n) is 3.96. The second kappa shape index (κ2) is 7.69. The van der Waals surface area contributed by atoms with Crippen molar-refractivity contribution < 1.29 is 4.79 Å². The number of aryl methyl sites for hydroxylation is 1. The highest BCUT2D eigenvalue weighted by atomic mass is 16.2. The SMILES string of the molecule is Cc1nnnn1[C@@H](Cc1ccccc1)C(=O)N[C@@H](C)Cn1ccnc1. The number of imidazole rings is 1. The average Bonchev–Trinajstić information content (AvgIpc) is 3.25. The number of carbonyl (C=O) groups excluding carboxylic acids is 1. The van der Waals surface area contributed by atoms with Crippen LogP contribution in [0.2, 0.25) is 0 Å². The predicted octanol–water partition coefficient (Wildman–Crippen LogP) is 1.17. The minimum absolute atomic E-state index is 0.0447. The molecule has 2 atom stereocenters. The number of benzene rings is 1. The summed E-state index contributed by atoms with van der Waals surface area (Å²) in [5, 5.41) is 14.6. The van der Waals surface area contributed by atoms with Crippen molar-refractivity contribution in [2.24, 2.45) is 0 Å². The van der Waals surface area contributed by atoms with E-state index in [1.807, 2.05) is 48.0 Å². The summed E-state index contributed by atoms with van der Waals surface area (Å²) >= 11 is 0. The maximum absolute atomic E-state index is 12.9. The first kappa shape index (κ1) is 16.8. The third kappa shape index (κ3) is 4.28. The van der Waals surface area contributed by atoms with E-state index < -0.39 is 6.04 Å². The third-order valence-corrected chi connectivity index (χ3v) is 3.96. The Labute approximate surface area is 145 Å². The molecule has 3 rings (SSSR count). The van der Waals surface area contributed by atoms with Gasteiger partial charge in [0.2, 0.25) is 5.91 Å². The molecular formula is C17H21N7O. The highest BCUT2D eigenvalue weighted by molar-refractivity contribution is 5.80. The minimum atomic E-state index is -0.498. The minimum Gasteiger partial charge on any atom is -0.350 e. The number of carbonyl (C=O) groups is 1. The highest BCUT2D eigenvalue weighted by Gasteiger charge is 2.25. The van der Waals surface area contributed by atoms with Gasteiger partial charge in [-0.1, -0.05) is 30.3 Å². The monoisotopic (exact) mass is 339 g/mol. The quantitative estimate of drug-likeness (QED) is 0.698. The lowest BCUT2D eigenvalue weighted by Gasteiger charge is -2.21. The number of rotatable bonds is 7. The van der Waals surface area contributed by atoms with Gasteiger partial charge in [-0.05, 0) is 29.8 Å². The molecule has 130 valence electrons. The zero-order valence-corrected chi connectivity index (χ0v) is 14.3. The van der Waals surface area contributed by atoms with Crippen molar-refractivity contribution in [1.29, 1.82) is 0 Å². The molecule has 3 aromatic rings. The Morgan fingerprint density at radius 2 is 2.08 bits per heavy atom. The summed E-state index contributed by atoms with van der Waals surface area (Å²) in [7, 11) is 0. The van der Waals surface area contributed by atoms with Gasteiger partial charge in [0.15, 0.2) is 0 Å². The lowest BCUT2D eigenvalue weighted by Crippen LogP contribution is -2.41. The van der Waals surface area contributed by atoms with E-state index in [0.717, 1.165) is 5.56 Å². The number of nitrogens with one attached hydrogen (secondary N) is 1. The predicted molar refractivity (Wildman–Crippen MR) is 91.6 cm³/mol. The molecule has 2 aromatic heterocycles. The van der Waals surface area contributed by atoms with Crippen molar-refractivity contribution in [2.75, 3.05) is 0 Å². The largest absolute Gasteiger partial charge is 0.350 e. The first-order chi connectivity index (χ1) is 12.1. The molecule has 0 aliphatic rings. The van der Waals surface area contributed by atoms with Crippen LogP contribution in [0, 0.1) is 6.92 Å². The molecule has 1 aromatic carbocycles. The number of hydrogen-bond donors (Lipinski definition) is 1.